The van der Waals surface area contributed by atoms with Gasteiger partial charge in [-0.25, -0.2) is 0 Å². The molecule has 1 aliphatic heterocycles. The minimum Gasteiger partial charge on any atom is -0.481 e. The average molecular weight is 448 g/mol. The van der Waals surface area contributed by atoms with Gasteiger partial charge in [0, 0.05) is 17.5 Å². The molecule has 9 nitrogen and oxygen atoms in total. The molecular weight excluding hydrogens is 424 g/mol. The van der Waals surface area contributed by atoms with E-state index in [0.717, 1.165) is 0 Å². The number of nitrogens with two attached hydrogens (primary N) is 1. The van der Waals surface area contributed by atoms with Crippen molar-refractivity contribution in [3.63, 3.8) is 0 Å². The fourth-order valence-electron chi connectivity index (χ4n) is 4.12. The summed E-state index contributed by atoms with van der Waals surface area (Å²) in [4.78, 5) is 39.1. The van der Waals surface area contributed by atoms with Gasteiger partial charge in [-0.2, -0.15) is 0 Å². The van der Waals surface area contributed by atoms with Crippen LogP contribution in [0.15, 0.2) is 59.0 Å². The minimum atomic E-state index is -1.03. The zero-order valence-electron chi connectivity index (χ0n) is 17.8. The summed E-state index contributed by atoms with van der Waals surface area (Å²) in [5.41, 5.74) is 7.21. The molecule has 2 heterocycles. The van der Waals surface area contributed by atoms with Crippen molar-refractivity contribution in [2.75, 3.05) is 6.54 Å². The van der Waals surface area contributed by atoms with Gasteiger partial charge in [0.15, 0.2) is 5.76 Å². The molecule has 170 valence electrons. The lowest BCUT2D eigenvalue weighted by atomic mass is 10.0. The highest BCUT2D eigenvalue weighted by molar-refractivity contribution is 6.02. The van der Waals surface area contributed by atoms with Crippen LogP contribution >= 0.6 is 0 Å². The van der Waals surface area contributed by atoms with Gasteiger partial charge in [-0.15, -0.1) is 0 Å². The number of hydrogen-bond acceptors (Lipinski definition) is 5. The van der Waals surface area contributed by atoms with Crippen LogP contribution in [-0.2, 0) is 9.59 Å². The lowest BCUT2D eigenvalue weighted by Crippen LogP contribution is -2.47. The first-order chi connectivity index (χ1) is 15.8. The number of nitrogens with zero attached hydrogens (tertiary/aromatic N) is 1. The van der Waals surface area contributed by atoms with Crippen LogP contribution in [0.1, 0.15) is 47.0 Å². The molecule has 4 rings (SSSR count). The van der Waals surface area contributed by atoms with Crippen molar-refractivity contribution >= 4 is 34.6 Å². The van der Waals surface area contributed by atoms with Crippen LogP contribution in [0.25, 0.3) is 11.0 Å². The van der Waals surface area contributed by atoms with E-state index in [2.05, 4.69) is 5.32 Å². The van der Waals surface area contributed by atoms with Crippen molar-refractivity contribution < 1.29 is 23.9 Å². The molecule has 0 aliphatic carbocycles. The van der Waals surface area contributed by atoms with Gasteiger partial charge in [-0.3, -0.25) is 19.8 Å². The van der Waals surface area contributed by atoms with E-state index in [1.807, 2.05) is 6.07 Å². The molecule has 5 N–H and O–H groups in total. The fourth-order valence-corrected chi connectivity index (χ4v) is 4.12. The van der Waals surface area contributed by atoms with Crippen LogP contribution in [0.2, 0.25) is 0 Å². The standard InChI is InChI=1S/C24H24N4O5/c25-22(26)15-8-9-19-16(11-15)12-20(33-19)24(32)28-10-4-7-18(28)23(31)27-17(13-21(29)30)14-5-2-1-3-6-14/h1-3,5-6,8-9,11-12,17-18H,4,7,10,13H2,(H3,25,26)(H,27,31)(H,29,30)/t17?,18-/m0/s1. The molecule has 3 aromatic rings. The van der Waals surface area contributed by atoms with Crippen LogP contribution in [-0.4, -0.2) is 46.2 Å². The SMILES string of the molecule is N=C(N)c1ccc2oc(C(=O)N3CCC[C@H]3C(=O)NC(CC(=O)O)c3ccccc3)cc2c1. The molecular formula is C24H24N4O5. The summed E-state index contributed by atoms with van der Waals surface area (Å²) in [6.45, 7) is 0.390. The lowest BCUT2D eigenvalue weighted by molar-refractivity contribution is -0.138. The molecule has 0 radical (unpaired) electrons. The van der Waals surface area contributed by atoms with E-state index >= 15 is 0 Å². The zero-order valence-corrected chi connectivity index (χ0v) is 17.8. The van der Waals surface area contributed by atoms with Crippen molar-refractivity contribution in [2.24, 2.45) is 5.73 Å². The number of amidine groups is 1. The molecule has 33 heavy (non-hydrogen) atoms. The summed E-state index contributed by atoms with van der Waals surface area (Å²) in [7, 11) is 0. The maximum atomic E-state index is 13.2. The van der Waals surface area contributed by atoms with Crippen LogP contribution in [0, 0.1) is 5.41 Å². The van der Waals surface area contributed by atoms with Crippen LogP contribution in [0.5, 0.6) is 0 Å². The van der Waals surface area contributed by atoms with Crippen molar-refractivity contribution in [2.45, 2.75) is 31.3 Å². The average Bonchev–Trinajstić information content (AvgIpc) is 3.45. The number of carboxylic acid groups (broad SMARTS) is 1. The van der Waals surface area contributed by atoms with Crippen molar-refractivity contribution in [3.8, 4) is 0 Å². The summed E-state index contributed by atoms with van der Waals surface area (Å²) >= 11 is 0. The summed E-state index contributed by atoms with van der Waals surface area (Å²) in [6.07, 6.45) is 0.854. The first kappa shape index (κ1) is 22.1. The molecule has 1 unspecified atom stereocenters. The third kappa shape index (κ3) is 4.72. The number of amides is 2. The summed E-state index contributed by atoms with van der Waals surface area (Å²) in [6, 6.07) is 14.0. The van der Waals surface area contributed by atoms with Gasteiger partial charge in [0.1, 0.15) is 17.5 Å². The fraction of sp³-hybridized carbons (Fsp3) is 0.250. The zero-order chi connectivity index (χ0) is 23.5. The maximum Gasteiger partial charge on any atom is 0.305 e. The van der Waals surface area contributed by atoms with E-state index in [1.54, 1.807) is 48.5 Å². The number of furan rings is 1. The number of likely N-dealkylation sites (tertiary alicyclic amines) is 1. The van der Waals surface area contributed by atoms with Gasteiger partial charge in [-0.1, -0.05) is 30.3 Å². The Kier molecular flexibility index (Phi) is 6.12. The third-order valence-corrected chi connectivity index (χ3v) is 5.75. The highest BCUT2D eigenvalue weighted by Gasteiger charge is 2.37. The van der Waals surface area contributed by atoms with E-state index < -0.39 is 29.9 Å². The molecule has 0 bridgehead atoms. The Balaban J connectivity index is 1.53. The Morgan fingerprint density at radius 2 is 1.94 bits per heavy atom. The van der Waals surface area contributed by atoms with Crippen LogP contribution in [0.3, 0.4) is 0 Å². The topological polar surface area (TPSA) is 150 Å². The van der Waals surface area contributed by atoms with Gasteiger partial charge in [0.25, 0.3) is 5.91 Å². The number of carboxylic acids is 1. The summed E-state index contributed by atoms with van der Waals surface area (Å²) in [5.74, 6) is -1.84. The Labute approximate surface area is 189 Å². The second-order valence-electron chi connectivity index (χ2n) is 8.00. The van der Waals surface area contributed by atoms with Gasteiger partial charge in [0.05, 0.1) is 12.5 Å². The molecule has 2 amide bonds. The Morgan fingerprint density at radius 1 is 1.18 bits per heavy atom. The smallest absolute Gasteiger partial charge is 0.305 e. The van der Waals surface area contributed by atoms with E-state index in [0.29, 0.717) is 41.5 Å². The Bertz CT molecular complexity index is 1220. The number of rotatable bonds is 7. The number of hydrogen-bond donors (Lipinski definition) is 4. The number of aliphatic carboxylic acids is 1. The summed E-state index contributed by atoms with van der Waals surface area (Å²) < 4.78 is 5.70. The number of fused-ring (bicyclic) bond motifs is 1. The van der Waals surface area contributed by atoms with Gasteiger partial charge in [-0.05, 0) is 42.7 Å². The largest absolute Gasteiger partial charge is 0.481 e. The first-order valence-electron chi connectivity index (χ1n) is 10.6. The lowest BCUT2D eigenvalue weighted by Gasteiger charge is -2.25. The highest BCUT2D eigenvalue weighted by Crippen LogP contribution is 2.26. The number of nitrogens with one attached hydrogen (secondary N) is 2. The quantitative estimate of drug-likeness (QED) is 0.322. The number of benzene rings is 2. The number of carbonyl (C=O) groups excluding carboxylic acids is 2. The van der Waals surface area contributed by atoms with E-state index in [-0.39, 0.29) is 18.0 Å². The van der Waals surface area contributed by atoms with Crippen molar-refractivity contribution in [1.29, 1.82) is 5.41 Å². The second-order valence-corrected chi connectivity index (χ2v) is 8.00. The molecule has 0 saturated carbocycles. The van der Waals surface area contributed by atoms with Gasteiger partial charge < -0.3 is 25.5 Å². The predicted molar refractivity (Wildman–Crippen MR) is 121 cm³/mol. The van der Waals surface area contributed by atoms with Crippen molar-refractivity contribution in [3.05, 3.63) is 71.5 Å². The predicted octanol–water partition coefficient (Wildman–Crippen LogP) is 2.65. The maximum absolute atomic E-state index is 13.2. The highest BCUT2D eigenvalue weighted by atomic mass is 16.4. The number of carbonyl (C=O) groups is 3. The van der Waals surface area contributed by atoms with Crippen molar-refractivity contribution in [1.82, 2.24) is 10.2 Å². The third-order valence-electron chi connectivity index (χ3n) is 5.75. The summed E-state index contributed by atoms with van der Waals surface area (Å²) in [5, 5.41) is 20.3. The van der Waals surface area contributed by atoms with Gasteiger partial charge in [0.2, 0.25) is 5.91 Å². The Hall–Kier alpha value is -4.14. The second kappa shape index (κ2) is 9.15. The van der Waals surface area contributed by atoms with Crippen LogP contribution in [0.4, 0.5) is 0 Å². The molecule has 9 heteroatoms. The van der Waals surface area contributed by atoms with E-state index in [1.165, 1.54) is 4.90 Å². The number of nitrogen functional groups attached to an aromatic ring is 1. The molecule has 2 aromatic carbocycles. The molecule has 1 aromatic heterocycles. The molecule has 1 aliphatic rings. The van der Waals surface area contributed by atoms with E-state index in [9.17, 15) is 19.5 Å². The molecule has 1 saturated heterocycles. The van der Waals surface area contributed by atoms with E-state index in [4.69, 9.17) is 15.6 Å². The monoisotopic (exact) mass is 448 g/mol. The normalized spacial score (nSPS) is 16.5. The van der Waals surface area contributed by atoms with Crippen LogP contribution < -0.4 is 11.1 Å². The first-order valence-corrected chi connectivity index (χ1v) is 10.6. The molecule has 1 fully saturated rings. The molecule has 2 atom stereocenters. The minimum absolute atomic E-state index is 0.0865. The Morgan fingerprint density at radius 3 is 2.64 bits per heavy atom. The van der Waals surface area contributed by atoms with Gasteiger partial charge >= 0.3 is 5.97 Å². The molecule has 0 spiro atoms.